The lowest BCUT2D eigenvalue weighted by Gasteiger charge is -2.26. The smallest absolute Gasteiger partial charge is 0.434 e. The minimum absolute atomic E-state index is 0.146. The molecule has 210 valence electrons. The normalized spacial score (nSPS) is 15.3. The molecule has 5 rings (SSSR count). The van der Waals surface area contributed by atoms with Gasteiger partial charge in [0.2, 0.25) is 0 Å². The molecule has 2 heterocycles. The third-order valence-electron chi connectivity index (χ3n) is 6.21. The fourth-order valence-electron chi connectivity index (χ4n) is 4.35. The molecule has 0 aliphatic carbocycles. The van der Waals surface area contributed by atoms with E-state index in [2.05, 4.69) is 4.99 Å². The van der Waals surface area contributed by atoms with Crippen molar-refractivity contribution in [2.24, 2.45) is 4.99 Å². The third-order valence-corrected chi connectivity index (χ3v) is 7.44. The molecule has 3 aromatic carbocycles. The first kappa shape index (κ1) is 28.4. The maximum atomic E-state index is 14.2. The maximum Gasteiger partial charge on any atom is 0.434 e. The molecule has 0 spiro atoms. The SMILES string of the molecule is CCOC(=O)C1=C(C(F)(F)F)N=c2s/c(=C/c3ccc(OCc4ccccc4)cc3)c(=O)n2C1c1ccc(Cl)cc1. The van der Waals surface area contributed by atoms with Gasteiger partial charge in [0.05, 0.1) is 22.8 Å². The van der Waals surface area contributed by atoms with E-state index in [0.29, 0.717) is 22.9 Å². The van der Waals surface area contributed by atoms with Gasteiger partial charge in [0, 0.05) is 5.02 Å². The number of halogens is 4. The predicted octanol–water partition coefficient (Wildman–Crippen LogP) is 5.57. The molecule has 1 unspecified atom stereocenters. The number of hydrogen-bond donors (Lipinski definition) is 0. The van der Waals surface area contributed by atoms with Gasteiger partial charge in [-0.15, -0.1) is 0 Å². The Kier molecular flexibility index (Phi) is 8.14. The van der Waals surface area contributed by atoms with Crippen molar-refractivity contribution in [3.05, 3.63) is 132 Å². The molecule has 0 amide bonds. The van der Waals surface area contributed by atoms with Gasteiger partial charge in [0.15, 0.2) is 10.5 Å². The van der Waals surface area contributed by atoms with Crippen LogP contribution in [0.5, 0.6) is 5.75 Å². The van der Waals surface area contributed by atoms with Gasteiger partial charge in [-0.05, 0) is 54.0 Å². The van der Waals surface area contributed by atoms with Crippen molar-refractivity contribution in [1.29, 1.82) is 0 Å². The van der Waals surface area contributed by atoms with Gasteiger partial charge in [-0.1, -0.05) is 77.5 Å². The van der Waals surface area contributed by atoms with Gasteiger partial charge in [-0.3, -0.25) is 9.36 Å². The van der Waals surface area contributed by atoms with Crippen LogP contribution in [0.25, 0.3) is 6.08 Å². The summed E-state index contributed by atoms with van der Waals surface area (Å²) in [6.45, 7) is 1.71. The Morgan fingerprint density at radius 1 is 1.05 bits per heavy atom. The fraction of sp³-hybridized carbons (Fsp3) is 0.167. The summed E-state index contributed by atoms with van der Waals surface area (Å²) in [5.74, 6) is -0.590. The van der Waals surface area contributed by atoms with Gasteiger partial charge in [0.25, 0.3) is 5.56 Å². The Labute approximate surface area is 241 Å². The monoisotopic (exact) mass is 598 g/mol. The highest BCUT2D eigenvalue weighted by molar-refractivity contribution is 7.07. The second-order valence-corrected chi connectivity index (χ2v) is 10.4. The van der Waals surface area contributed by atoms with Crippen molar-refractivity contribution in [2.45, 2.75) is 25.7 Å². The number of aromatic nitrogens is 1. The Balaban J connectivity index is 1.58. The quantitative estimate of drug-likeness (QED) is 0.261. The minimum Gasteiger partial charge on any atom is -0.489 e. The summed E-state index contributed by atoms with van der Waals surface area (Å²) < 4.78 is 54.7. The number of hydrogen-bond acceptors (Lipinski definition) is 6. The number of alkyl halides is 3. The molecule has 0 saturated carbocycles. The number of thiazole rings is 1. The molecule has 1 aliphatic rings. The zero-order valence-electron chi connectivity index (χ0n) is 21.5. The Morgan fingerprint density at radius 2 is 1.73 bits per heavy atom. The number of esters is 1. The first-order valence-electron chi connectivity index (χ1n) is 12.5. The highest BCUT2D eigenvalue weighted by atomic mass is 35.5. The van der Waals surface area contributed by atoms with Gasteiger partial charge in [-0.25, -0.2) is 9.79 Å². The van der Waals surface area contributed by atoms with Crippen molar-refractivity contribution in [3.63, 3.8) is 0 Å². The molecule has 41 heavy (non-hydrogen) atoms. The van der Waals surface area contributed by atoms with E-state index in [-0.39, 0.29) is 21.5 Å². The topological polar surface area (TPSA) is 69.9 Å². The molecule has 1 aromatic heterocycles. The first-order chi connectivity index (χ1) is 19.7. The van der Waals surface area contributed by atoms with Crippen LogP contribution in [0, 0.1) is 0 Å². The fourth-order valence-corrected chi connectivity index (χ4v) is 5.48. The summed E-state index contributed by atoms with van der Waals surface area (Å²) in [6.07, 6.45) is -3.41. The van der Waals surface area contributed by atoms with E-state index < -0.39 is 35.0 Å². The second-order valence-electron chi connectivity index (χ2n) is 8.96. The van der Waals surface area contributed by atoms with Crippen molar-refractivity contribution >= 4 is 35.0 Å². The lowest BCUT2D eigenvalue weighted by atomic mass is 9.95. The molecular weight excluding hydrogens is 577 g/mol. The number of carbonyl (C=O) groups is 1. The van der Waals surface area contributed by atoms with Crippen molar-refractivity contribution in [3.8, 4) is 5.75 Å². The van der Waals surface area contributed by atoms with Crippen LogP contribution < -0.4 is 19.6 Å². The Morgan fingerprint density at radius 3 is 2.37 bits per heavy atom. The number of nitrogens with zero attached hydrogens (tertiary/aromatic N) is 2. The highest BCUT2D eigenvalue weighted by Crippen LogP contribution is 2.38. The maximum absolute atomic E-state index is 14.2. The zero-order valence-corrected chi connectivity index (χ0v) is 23.1. The highest BCUT2D eigenvalue weighted by Gasteiger charge is 2.45. The second kappa shape index (κ2) is 11.8. The van der Waals surface area contributed by atoms with Crippen LogP contribution >= 0.6 is 22.9 Å². The van der Waals surface area contributed by atoms with E-state index in [9.17, 15) is 22.8 Å². The van der Waals surface area contributed by atoms with Gasteiger partial charge in [0.1, 0.15) is 12.4 Å². The van der Waals surface area contributed by atoms with E-state index in [1.165, 1.54) is 31.2 Å². The van der Waals surface area contributed by atoms with Gasteiger partial charge >= 0.3 is 12.1 Å². The first-order valence-corrected chi connectivity index (χ1v) is 13.7. The molecule has 0 radical (unpaired) electrons. The molecule has 1 atom stereocenters. The van der Waals surface area contributed by atoms with Crippen LogP contribution in [0.4, 0.5) is 13.2 Å². The summed E-state index contributed by atoms with van der Waals surface area (Å²) in [4.78, 5) is 30.1. The summed E-state index contributed by atoms with van der Waals surface area (Å²) >= 11 is 6.81. The molecule has 0 N–H and O–H groups in total. The van der Waals surface area contributed by atoms with Crippen LogP contribution in [-0.4, -0.2) is 23.3 Å². The number of fused-ring (bicyclic) bond motifs is 1. The lowest BCUT2D eigenvalue weighted by Crippen LogP contribution is -2.41. The summed E-state index contributed by atoms with van der Waals surface area (Å²) in [5.41, 5.74) is -0.869. The van der Waals surface area contributed by atoms with E-state index in [1.807, 2.05) is 30.3 Å². The summed E-state index contributed by atoms with van der Waals surface area (Å²) in [6, 6.07) is 21.1. The third kappa shape index (κ3) is 6.13. The van der Waals surface area contributed by atoms with E-state index in [0.717, 1.165) is 21.5 Å². The number of benzene rings is 3. The Bertz CT molecular complexity index is 1780. The van der Waals surface area contributed by atoms with Crippen LogP contribution in [0.2, 0.25) is 5.02 Å². The van der Waals surface area contributed by atoms with Crippen LogP contribution in [0.1, 0.15) is 29.7 Å². The largest absolute Gasteiger partial charge is 0.489 e. The molecule has 0 saturated heterocycles. The number of carbonyl (C=O) groups excluding carboxylic acids is 1. The van der Waals surface area contributed by atoms with Crippen molar-refractivity contribution in [1.82, 2.24) is 4.57 Å². The zero-order chi connectivity index (χ0) is 29.1. The average Bonchev–Trinajstić information content (AvgIpc) is 3.27. The molecule has 4 aromatic rings. The molecule has 1 aliphatic heterocycles. The van der Waals surface area contributed by atoms with E-state index in [4.69, 9.17) is 21.1 Å². The number of rotatable bonds is 7. The van der Waals surface area contributed by atoms with Crippen molar-refractivity contribution in [2.75, 3.05) is 6.61 Å². The summed E-state index contributed by atoms with van der Waals surface area (Å²) in [5, 5.41) is 0.343. The Hall–Kier alpha value is -4.15. The number of allylic oxidation sites excluding steroid dienone is 1. The van der Waals surface area contributed by atoms with Gasteiger partial charge < -0.3 is 9.47 Å². The predicted molar refractivity (Wildman–Crippen MR) is 149 cm³/mol. The van der Waals surface area contributed by atoms with Crippen LogP contribution in [0.3, 0.4) is 0 Å². The lowest BCUT2D eigenvalue weighted by molar-refractivity contribution is -0.140. The van der Waals surface area contributed by atoms with E-state index >= 15 is 0 Å². The van der Waals surface area contributed by atoms with Crippen molar-refractivity contribution < 1.29 is 27.4 Å². The molecule has 0 bridgehead atoms. The number of ether oxygens (including phenoxy) is 2. The average molecular weight is 599 g/mol. The van der Waals surface area contributed by atoms with E-state index in [1.54, 1.807) is 30.3 Å². The van der Waals surface area contributed by atoms with Crippen LogP contribution in [0.15, 0.2) is 99.9 Å². The molecule has 6 nitrogen and oxygen atoms in total. The summed E-state index contributed by atoms with van der Waals surface area (Å²) in [7, 11) is 0. The van der Waals surface area contributed by atoms with Gasteiger partial charge in [-0.2, -0.15) is 13.2 Å². The molecular formula is C30H22ClF3N2O4S. The van der Waals surface area contributed by atoms with Crippen LogP contribution in [-0.2, 0) is 16.1 Å². The molecule has 11 heteroatoms. The standard InChI is InChI=1S/C30H22ClF3N2O4S/c1-2-39-28(38)24-25(20-10-12-21(31)13-11-20)36-27(37)23(41-29(36)35-26(24)30(32,33)34)16-18-8-14-22(15-9-18)40-17-19-6-4-3-5-7-19/h3-16,25H,2,17H2,1H3/b23-16+. The molecule has 0 fully saturated rings. The minimum atomic E-state index is -4.97.